The van der Waals surface area contributed by atoms with E-state index in [0.29, 0.717) is 31.0 Å². The molecule has 1 fully saturated rings. The van der Waals surface area contributed by atoms with Gasteiger partial charge in [-0.15, -0.1) is 0 Å². The number of likely N-dealkylation sites (N-methyl/N-ethyl adjacent to an activating group) is 1. The van der Waals surface area contributed by atoms with Gasteiger partial charge in [0.25, 0.3) is 0 Å². The number of carboxylic acids is 1. The van der Waals surface area contributed by atoms with Crippen LogP contribution in [0.15, 0.2) is 42.6 Å². The van der Waals surface area contributed by atoms with E-state index in [1.54, 1.807) is 12.1 Å². The second-order valence-electron chi connectivity index (χ2n) is 7.38. The Hall–Kier alpha value is -2.49. The SMILES string of the molecule is Cc1cccc(N(Cc2ccc(C(=O)O)cn2)S(=O)(=O)N2CCN(C)[C@@H](C)C2)c1. The van der Waals surface area contributed by atoms with E-state index in [1.807, 2.05) is 39.1 Å². The van der Waals surface area contributed by atoms with Gasteiger partial charge in [-0.05, 0) is 50.7 Å². The first-order valence-corrected chi connectivity index (χ1v) is 10.8. The van der Waals surface area contributed by atoms with Gasteiger partial charge in [0.05, 0.1) is 23.5 Å². The van der Waals surface area contributed by atoms with Gasteiger partial charge >= 0.3 is 16.2 Å². The van der Waals surface area contributed by atoms with Gasteiger partial charge in [0.2, 0.25) is 0 Å². The fourth-order valence-electron chi connectivity index (χ4n) is 3.24. The molecule has 0 unspecified atom stereocenters. The predicted octanol–water partition coefficient (Wildman–Crippen LogP) is 1.98. The highest BCUT2D eigenvalue weighted by Gasteiger charge is 2.34. The number of aryl methyl sites for hydroxylation is 1. The van der Waals surface area contributed by atoms with Crippen LogP contribution in [0, 0.1) is 6.92 Å². The van der Waals surface area contributed by atoms with Crippen LogP contribution in [0.4, 0.5) is 5.69 Å². The zero-order valence-corrected chi connectivity index (χ0v) is 17.6. The van der Waals surface area contributed by atoms with Crippen LogP contribution in [-0.2, 0) is 16.8 Å². The molecule has 156 valence electrons. The normalized spacial score (nSPS) is 18.5. The number of carbonyl (C=O) groups is 1. The van der Waals surface area contributed by atoms with E-state index in [1.165, 1.54) is 20.9 Å². The summed E-state index contributed by atoms with van der Waals surface area (Å²) in [5.41, 5.74) is 2.04. The van der Waals surface area contributed by atoms with Crippen molar-refractivity contribution in [3.63, 3.8) is 0 Å². The average Bonchev–Trinajstić information content (AvgIpc) is 2.68. The molecule has 0 radical (unpaired) electrons. The molecule has 0 aliphatic carbocycles. The zero-order chi connectivity index (χ0) is 21.2. The van der Waals surface area contributed by atoms with Gasteiger partial charge in [-0.1, -0.05) is 12.1 Å². The van der Waals surface area contributed by atoms with Crippen LogP contribution in [0.1, 0.15) is 28.5 Å². The Balaban J connectivity index is 1.95. The van der Waals surface area contributed by atoms with Crippen LogP contribution in [0.25, 0.3) is 0 Å². The highest BCUT2D eigenvalue weighted by molar-refractivity contribution is 7.90. The lowest BCUT2D eigenvalue weighted by Crippen LogP contribution is -2.55. The summed E-state index contributed by atoms with van der Waals surface area (Å²) in [6.07, 6.45) is 1.25. The maximum Gasteiger partial charge on any atom is 0.337 e. The molecule has 2 heterocycles. The average molecular weight is 419 g/mol. The molecule has 1 N–H and O–H groups in total. The first-order valence-electron chi connectivity index (χ1n) is 9.41. The van der Waals surface area contributed by atoms with E-state index in [0.717, 1.165) is 5.56 Å². The topological polar surface area (TPSA) is 94.0 Å². The molecule has 1 aromatic carbocycles. The summed E-state index contributed by atoms with van der Waals surface area (Å²) in [6, 6.07) is 10.4. The molecule has 2 aromatic rings. The number of nitrogens with zero attached hydrogens (tertiary/aromatic N) is 4. The van der Waals surface area contributed by atoms with E-state index >= 15 is 0 Å². The number of aromatic nitrogens is 1. The maximum atomic E-state index is 13.5. The van der Waals surface area contributed by atoms with Crippen molar-refractivity contribution in [3.05, 3.63) is 59.4 Å². The summed E-state index contributed by atoms with van der Waals surface area (Å²) in [4.78, 5) is 17.4. The molecule has 1 aromatic heterocycles. The van der Waals surface area contributed by atoms with Crippen LogP contribution < -0.4 is 4.31 Å². The third kappa shape index (κ3) is 4.75. The Labute approximate surface area is 171 Å². The molecule has 9 heteroatoms. The summed E-state index contributed by atoms with van der Waals surface area (Å²) in [7, 11) is -1.80. The van der Waals surface area contributed by atoms with Gasteiger partial charge in [0.1, 0.15) is 0 Å². The molecule has 0 amide bonds. The second-order valence-corrected chi connectivity index (χ2v) is 9.24. The van der Waals surface area contributed by atoms with Gasteiger partial charge in [-0.25, -0.2) is 4.79 Å². The van der Waals surface area contributed by atoms with E-state index in [4.69, 9.17) is 5.11 Å². The minimum absolute atomic E-state index is 0.0202. The molecule has 1 atom stereocenters. The fourth-order valence-corrected chi connectivity index (χ4v) is 4.92. The van der Waals surface area contributed by atoms with Crippen molar-refractivity contribution in [2.24, 2.45) is 0 Å². The number of hydrogen-bond acceptors (Lipinski definition) is 5. The first kappa shape index (κ1) is 21.2. The standard InChI is InChI=1S/C20H26N4O4S/c1-15-5-4-6-19(11-15)24(14-18-8-7-17(12-21-18)20(25)26)29(27,28)23-10-9-22(3)16(2)13-23/h4-8,11-12,16H,9-10,13-14H2,1-3H3,(H,25,26)/t16-/m0/s1. The molecule has 1 saturated heterocycles. The van der Waals surface area contributed by atoms with Crippen LogP contribution in [0.5, 0.6) is 0 Å². The van der Waals surface area contributed by atoms with Crippen molar-refractivity contribution in [2.75, 3.05) is 31.0 Å². The Morgan fingerprint density at radius 3 is 2.62 bits per heavy atom. The van der Waals surface area contributed by atoms with Gasteiger partial charge in [-0.2, -0.15) is 12.7 Å². The lowest BCUT2D eigenvalue weighted by Gasteiger charge is -2.39. The number of rotatable bonds is 6. The number of anilines is 1. The monoisotopic (exact) mass is 418 g/mol. The smallest absolute Gasteiger partial charge is 0.337 e. The molecule has 0 spiro atoms. The fraction of sp³-hybridized carbons (Fsp3) is 0.400. The molecule has 8 nitrogen and oxygen atoms in total. The Kier molecular flexibility index (Phi) is 6.21. The molecular formula is C20H26N4O4S. The quantitative estimate of drug-likeness (QED) is 0.771. The van der Waals surface area contributed by atoms with Crippen molar-refractivity contribution in [2.45, 2.75) is 26.4 Å². The van der Waals surface area contributed by atoms with Crippen molar-refractivity contribution in [1.29, 1.82) is 0 Å². The Morgan fingerprint density at radius 1 is 1.28 bits per heavy atom. The number of aromatic carboxylic acids is 1. The number of piperazine rings is 1. The van der Waals surface area contributed by atoms with E-state index < -0.39 is 16.2 Å². The predicted molar refractivity (Wildman–Crippen MR) is 111 cm³/mol. The van der Waals surface area contributed by atoms with Crippen LogP contribution >= 0.6 is 0 Å². The van der Waals surface area contributed by atoms with Gasteiger partial charge in [-0.3, -0.25) is 9.29 Å². The van der Waals surface area contributed by atoms with Crippen LogP contribution in [0.2, 0.25) is 0 Å². The Bertz CT molecular complexity index is 978. The zero-order valence-electron chi connectivity index (χ0n) is 16.8. The summed E-state index contributed by atoms with van der Waals surface area (Å²) in [6.45, 7) is 5.42. The third-order valence-corrected chi connectivity index (χ3v) is 7.08. The van der Waals surface area contributed by atoms with Gasteiger partial charge < -0.3 is 10.0 Å². The summed E-state index contributed by atoms with van der Waals surface area (Å²) < 4.78 is 29.9. The number of pyridine rings is 1. The van der Waals surface area contributed by atoms with E-state index in [2.05, 4.69) is 9.88 Å². The minimum atomic E-state index is -3.79. The highest BCUT2D eigenvalue weighted by atomic mass is 32.2. The number of benzene rings is 1. The van der Waals surface area contributed by atoms with Crippen LogP contribution in [0.3, 0.4) is 0 Å². The lowest BCUT2D eigenvalue weighted by atomic mass is 10.2. The van der Waals surface area contributed by atoms with Crippen LogP contribution in [-0.4, -0.2) is 66.4 Å². The molecule has 29 heavy (non-hydrogen) atoms. The van der Waals surface area contributed by atoms with Gasteiger partial charge in [0.15, 0.2) is 0 Å². The molecule has 0 saturated carbocycles. The Morgan fingerprint density at radius 2 is 2.03 bits per heavy atom. The lowest BCUT2D eigenvalue weighted by molar-refractivity contribution is 0.0696. The maximum absolute atomic E-state index is 13.5. The summed E-state index contributed by atoms with van der Waals surface area (Å²) in [5.74, 6) is -1.07. The summed E-state index contributed by atoms with van der Waals surface area (Å²) in [5, 5.41) is 9.05. The number of hydrogen-bond donors (Lipinski definition) is 1. The highest BCUT2D eigenvalue weighted by Crippen LogP contribution is 2.25. The van der Waals surface area contributed by atoms with E-state index in [-0.39, 0.29) is 18.2 Å². The second kappa shape index (κ2) is 8.48. The summed E-state index contributed by atoms with van der Waals surface area (Å²) >= 11 is 0. The largest absolute Gasteiger partial charge is 0.478 e. The van der Waals surface area contributed by atoms with E-state index in [9.17, 15) is 13.2 Å². The molecular weight excluding hydrogens is 392 g/mol. The molecule has 3 rings (SSSR count). The first-order chi connectivity index (χ1) is 13.7. The minimum Gasteiger partial charge on any atom is -0.478 e. The molecule has 1 aliphatic heterocycles. The van der Waals surface area contributed by atoms with Crippen molar-refractivity contribution in [1.82, 2.24) is 14.2 Å². The molecule has 1 aliphatic rings. The van der Waals surface area contributed by atoms with Gasteiger partial charge in [0, 0.05) is 31.9 Å². The van der Waals surface area contributed by atoms with Crippen molar-refractivity contribution in [3.8, 4) is 0 Å². The van der Waals surface area contributed by atoms with Crippen molar-refractivity contribution < 1.29 is 18.3 Å². The third-order valence-electron chi connectivity index (χ3n) is 5.19. The molecule has 0 bridgehead atoms. The van der Waals surface area contributed by atoms with Crippen molar-refractivity contribution >= 4 is 21.9 Å². The number of carboxylic acid groups (broad SMARTS) is 1.